The number of hydrogen-bond donors (Lipinski definition) is 3. The summed E-state index contributed by atoms with van der Waals surface area (Å²) in [6.45, 7) is 4.95. The highest BCUT2D eigenvalue weighted by Crippen LogP contribution is 2.20. The standard InChI is InChI=1S/C80H155NO5/c1-3-5-7-9-11-13-15-17-19-21-23-24-31-34-37-40-44-48-52-56-60-64-68-72-78(83)77(76-82)81-79(84)73-69-65-61-57-53-49-45-41-38-35-32-29-27-25-26-28-30-33-36-39-43-47-51-55-59-63-67-71-75-86-80(85)74-70-66-62-58-54-50-46-42-22-20-18-16-14-12-10-8-6-4-2/h20,22,68,72,77-78,82-83H,3-19,21,23-67,69-71,73-76H2,1-2H3,(H,81,84)/b22-20-,72-68+. The van der Waals surface area contributed by atoms with Gasteiger partial charge in [-0.3, -0.25) is 9.59 Å². The van der Waals surface area contributed by atoms with Crippen molar-refractivity contribution in [3.8, 4) is 0 Å². The number of carbonyl (C=O) groups excluding carboxylic acids is 2. The fourth-order valence-corrected chi connectivity index (χ4v) is 12.7. The summed E-state index contributed by atoms with van der Waals surface area (Å²) in [5.41, 5.74) is 0. The minimum Gasteiger partial charge on any atom is -0.466 e. The second kappa shape index (κ2) is 75.8. The Kier molecular flexibility index (Phi) is 74.3. The first-order valence-corrected chi connectivity index (χ1v) is 39.6. The van der Waals surface area contributed by atoms with E-state index in [1.165, 1.54) is 379 Å². The number of allylic oxidation sites excluding steroid dienone is 3. The third-order valence-electron chi connectivity index (χ3n) is 18.7. The molecule has 0 aliphatic rings. The number of nitrogens with one attached hydrogen (secondary N) is 1. The molecule has 0 spiro atoms. The molecule has 510 valence electrons. The quantitative estimate of drug-likeness (QED) is 0.0320. The molecule has 0 bridgehead atoms. The Balaban J connectivity index is 3.36. The molecule has 0 aromatic carbocycles. The summed E-state index contributed by atoms with van der Waals surface area (Å²) in [5, 5.41) is 23.3. The fourth-order valence-electron chi connectivity index (χ4n) is 12.7. The van der Waals surface area contributed by atoms with Crippen LogP contribution in [0.3, 0.4) is 0 Å². The third kappa shape index (κ3) is 71.4. The van der Waals surface area contributed by atoms with Gasteiger partial charge in [0.1, 0.15) is 0 Å². The SMILES string of the molecule is CCCCCCCCC/C=C\CCCCCCCCCC(=O)OCCCCCCCCCCCCCCCCCCCCCCCCCCCCCCC(=O)NC(CO)C(O)/C=C/CCCCCCCCCCCCCCCCCCCCCCC. The van der Waals surface area contributed by atoms with Gasteiger partial charge in [0.2, 0.25) is 5.91 Å². The smallest absolute Gasteiger partial charge is 0.305 e. The molecule has 0 heterocycles. The summed E-state index contributed by atoms with van der Waals surface area (Å²) in [4.78, 5) is 24.7. The van der Waals surface area contributed by atoms with E-state index in [4.69, 9.17) is 4.74 Å². The van der Waals surface area contributed by atoms with E-state index in [0.29, 0.717) is 19.4 Å². The predicted octanol–water partition coefficient (Wildman–Crippen LogP) is 26.0. The van der Waals surface area contributed by atoms with Crippen LogP contribution in [0.2, 0.25) is 0 Å². The van der Waals surface area contributed by atoms with Crippen LogP contribution in [0.4, 0.5) is 0 Å². The maximum atomic E-state index is 12.6. The molecular formula is C80H155NO5. The molecule has 0 saturated carbocycles. The molecule has 0 saturated heterocycles. The van der Waals surface area contributed by atoms with Gasteiger partial charge in [-0.1, -0.05) is 404 Å². The molecule has 2 unspecified atom stereocenters. The van der Waals surface area contributed by atoms with Gasteiger partial charge in [0.25, 0.3) is 0 Å². The van der Waals surface area contributed by atoms with Gasteiger partial charge in [0.05, 0.1) is 25.4 Å². The average molecular weight is 1210 g/mol. The van der Waals surface area contributed by atoms with Crippen molar-refractivity contribution in [2.24, 2.45) is 0 Å². The van der Waals surface area contributed by atoms with E-state index in [9.17, 15) is 19.8 Å². The molecule has 6 heteroatoms. The number of aliphatic hydroxyl groups excluding tert-OH is 2. The van der Waals surface area contributed by atoms with E-state index in [-0.39, 0.29) is 18.5 Å². The number of ether oxygens (including phenoxy) is 1. The second-order valence-corrected chi connectivity index (χ2v) is 27.4. The van der Waals surface area contributed by atoms with Crippen molar-refractivity contribution in [3.05, 3.63) is 24.3 Å². The third-order valence-corrected chi connectivity index (χ3v) is 18.7. The minimum absolute atomic E-state index is 0.0167. The molecule has 2 atom stereocenters. The first kappa shape index (κ1) is 84.3. The van der Waals surface area contributed by atoms with Crippen molar-refractivity contribution in [1.82, 2.24) is 5.32 Å². The van der Waals surface area contributed by atoms with E-state index < -0.39 is 12.1 Å². The molecule has 0 aromatic rings. The van der Waals surface area contributed by atoms with Crippen molar-refractivity contribution < 1.29 is 24.5 Å². The summed E-state index contributed by atoms with van der Waals surface area (Å²) >= 11 is 0. The van der Waals surface area contributed by atoms with Crippen LogP contribution >= 0.6 is 0 Å². The maximum Gasteiger partial charge on any atom is 0.305 e. The summed E-state index contributed by atoms with van der Waals surface area (Å²) in [6.07, 6.45) is 97.2. The van der Waals surface area contributed by atoms with Crippen LogP contribution in [-0.4, -0.2) is 47.4 Å². The maximum absolute atomic E-state index is 12.6. The number of unbranched alkanes of at least 4 members (excludes halogenated alkanes) is 62. The minimum atomic E-state index is -0.844. The summed E-state index contributed by atoms with van der Waals surface area (Å²) in [5.74, 6) is -0.0430. The van der Waals surface area contributed by atoms with Crippen LogP contribution in [0.15, 0.2) is 24.3 Å². The van der Waals surface area contributed by atoms with Crippen LogP contribution in [0, 0.1) is 0 Å². The molecule has 0 aliphatic carbocycles. The highest BCUT2D eigenvalue weighted by atomic mass is 16.5. The highest BCUT2D eigenvalue weighted by molar-refractivity contribution is 5.76. The number of carbonyl (C=O) groups is 2. The first-order valence-electron chi connectivity index (χ1n) is 39.6. The van der Waals surface area contributed by atoms with Gasteiger partial charge < -0.3 is 20.3 Å². The lowest BCUT2D eigenvalue weighted by molar-refractivity contribution is -0.143. The molecular weight excluding hydrogens is 1050 g/mol. The Hall–Kier alpha value is -1.66. The molecule has 0 fully saturated rings. The van der Waals surface area contributed by atoms with Crippen molar-refractivity contribution in [2.45, 2.75) is 463 Å². The number of hydrogen-bond acceptors (Lipinski definition) is 5. The van der Waals surface area contributed by atoms with Gasteiger partial charge in [0.15, 0.2) is 0 Å². The van der Waals surface area contributed by atoms with Gasteiger partial charge in [-0.25, -0.2) is 0 Å². The number of esters is 1. The monoisotopic (exact) mass is 1210 g/mol. The Morgan fingerprint density at radius 2 is 0.547 bits per heavy atom. The Morgan fingerprint density at radius 3 is 0.826 bits per heavy atom. The van der Waals surface area contributed by atoms with Crippen LogP contribution < -0.4 is 5.32 Å². The molecule has 86 heavy (non-hydrogen) atoms. The number of rotatable bonds is 75. The van der Waals surface area contributed by atoms with Gasteiger partial charge in [-0.15, -0.1) is 0 Å². The van der Waals surface area contributed by atoms with Crippen LogP contribution in [0.25, 0.3) is 0 Å². The van der Waals surface area contributed by atoms with Crippen LogP contribution in [0.5, 0.6) is 0 Å². The zero-order valence-electron chi connectivity index (χ0n) is 58.6. The van der Waals surface area contributed by atoms with E-state index in [1.54, 1.807) is 6.08 Å². The number of amides is 1. The summed E-state index contributed by atoms with van der Waals surface area (Å²) in [7, 11) is 0. The lowest BCUT2D eigenvalue weighted by Gasteiger charge is -2.20. The van der Waals surface area contributed by atoms with Crippen molar-refractivity contribution in [1.29, 1.82) is 0 Å². The molecule has 1 amide bonds. The zero-order chi connectivity index (χ0) is 62.0. The summed E-state index contributed by atoms with van der Waals surface area (Å²) in [6, 6.07) is -0.627. The van der Waals surface area contributed by atoms with E-state index >= 15 is 0 Å². The van der Waals surface area contributed by atoms with Gasteiger partial charge >= 0.3 is 5.97 Å². The zero-order valence-corrected chi connectivity index (χ0v) is 58.6. The molecule has 0 rings (SSSR count). The fraction of sp³-hybridized carbons (Fsp3) is 0.925. The Labute approximate surface area is 539 Å². The second-order valence-electron chi connectivity index (χ2n) is 27.4. The molecule has 6 nitrogen and oxygen atoms in total. The summed E-state index contributed by atoms with van der Waals surface area (Å²) < 4.78 is 5.51. The van der Waals surface area contributed by atoms with E-state index in [1.807, 2.05) is 6.08 Å². The van der Waals surface area contributed by atoms with Crippen LogP contribution in [0.1, 0.15) is 450 Å². The largest absolute Gasteiger partial charge is 0.466 e. The topological polar surface area (TPSA) is 95.9 Å². The predicted molar refractivity (Wildman–Crippen MR) is 380 cm³/mol. The average Bonchev–Trinajstić information content (AvgIpc) is 3.54. The van der Waals surface area contributed by atoms with Crippen molar-refractivity contribution in [3.63, 3.8) is 0 Å². The van der Waals surface area contributed by atoms with Crippen LogP contribution in [-0.2, 0) is 14.3 Å². The molecule has 0 aliphatic heterocycles. The van der Waals surface area contributed by atoms with Crippen molar-refractivity contribution in [2.75, 3.05) is 13.2 Å². The van der Waals surface area contributed by atoms with Gasteiger partial charge in [-0.2, -0.15) is 0 Å². The Morgan fingerprint density at radius 1 is 0.314 bits per heavy atom. The lowest BCUT2D eigenvalue weighted by atomic mass is 10.0. The van der Waals surface area contributed by atoms with Gasteiger partial charge in [-0.05, 0) is 57.8 Å². The first-order chi connectivity index (χ1) is 42.5. The van der Waals surface area contributed by atoms with Crippen molar-refractivity contribution >= 4 is 11.9 Å². The van der Waals surface area contributed by atoms with E-state index in [0.717, 1.165) is 44.9 Å². The number of aliphatic hydroxyl groups is 2. The molecule has 3 N–H and O–H groups in total. The molecule has 0 aromatic heterocycles. The lowest BCUT2D eigenvalue weighted by Crippen LogP contribution is -2.45. The normalized spacial score (nSPS) is 12.6. The van der Waals surface area contributed by atoms with E-state index in [2.05, 4.69) is 31.3 Å². The molecule has 0 radical (unpaired) electrons. The highest BCUT2D eigenvalue weighted by Gasteiger charge is 2.18. The Bertz CT molecular complexity index is 1350. The van der Waals surface area contributed by atoms with Gasteiger partial charge in [0, 0.05) is 12.8 Å².